The Labute approximate surface area is 137 Å². The van der Waals surface area contributed by atoms with Crippen LogP contribution in [0.1, 0.15) is 45.2 Å². The summed E-state index contributed by atoms with van der Waals surface area (Å²) in [7, 11) is 0. The number of hydrogen-bond donors (Lipinski definition) is 1. The first-order chi connectivity index (χ1) is 10.8. The Balaban J connectivity index is 1.40. The Bertz CT molecular complexity index is 617. The van der Waals surface area contributed by atoms with Crippen LogP contribution in [0.4, 0.5) is 10.6 Å². The highest BCUT2D eigenvalue weighted by atomic mass is 16.6. The Kier molecular flexibility index (Phi) is 3.15. The van der Waals surface area contributed by atoms with Crippen LogP contribution in [-0.4, -0.2) is 39.5 Å². The maximum Gasteiger partial charge on any atom is 0.410 e. The van der Waals surface area contributed by atoms with E-state index in [4.69, 9.17) is 10.5 Å². The number of ether oxygens (including phenoxy) is 1. The summed E-state index contributed by atoms with van der Waals surface area (Å²) in [5.41, 5.74) is 6.76. The lowest BCUT2D eigenvalue weighted by molar-refractivity contribution is 0.0270. The first-order valence-corrected chi connectivity index (χ1v) is 8.63. The van der Waals surface area contributed by atoms with Crippen molar-refractivity contribution >= 4 is 11.9 Å². The third kappa shape index (κ3) is 2.91. The van der Waals surface area contributed by atoms with E-state index in [1.807, 2.05) is 31.7 Å². The third-order valence-corrected chi connectivity index (χ3v) is 5.15. The van der Waals surface area contributed by atoms with Crippen LogP contribution in [0.5, 0.6) is 0 Å². The average Bonchev–Trinajstić information content (AvgIpc) is 3.28. The van der Waals surface area contributed by atoms with Gasteiger partial charge in [-0.25, -0.2) is 4.79 Å². The van der Waals surface area contributed by atoms with E-state index in [1.165, 1.54) is 18.5 Å². The number of amides is 1. The fraction of sp³-hybridized carbons (Fsp3) is 0.765. The van der Waals surface area contributed by atoms with E-state index in [0.717, 1.165) is 25.6 Å². The molecule has 126 valence electrons. The fourth-order valence-corrected chi connectivity index (χ4v) is 3.85. The molecule has 3 fully saturated rings. The van der Waals surface area contributed by atoms with Gasteiger partial charge in [-0.2, -0.15) is 5.10 Å². The van der Waals surface area contributed by atoms with Gasteiger partial charge in [0.05, 0.1) is 0 Å². The molecule has 3 aliphatic rings. The van der Waals surface area contributed by atoms with Crippen molar-refractivity contribution < 1.29 is 9.53 Å². The van der Waals surface area contributed by atoms with Gasteiger partial charge >= 0.3 is 6.09 Å². The van der Waals surface area contributed by atoms with Crippen molar-refractivity contribution in [2.24, 2.45) is 17.8 Å². The number of rotatable bonds is 3. The molecule has 6 heteroatoms. The fourth-order valence-electron chi connectivity index (χ4n) is 3.85. The van der Waals surface area contributed by atoms with E-state index < -0.39 is 5.60 Å². The zero-order valence-electron chi connectivity index (χ0n) is 14.2. The minimum absolute atomic E-state index is 0.186. The van der Waals surface area contributed by atoms with Gasteiger partial charge in [0.2, 0.25) is 0 Å². The molecule has 0 spiro atoms. The highest BCUT2D eigenvalue weighted by molar-refractivity contribution is 5.69. The van der Waals surface area contributed by atoms with Crippen LogP contribution in [0.15, 0.2) is 6.07 Å². The van der Waals surface area contributed by atoms with Crippen LogP contribution >= 0.6 is 0 Å². The largest absolute Gasteiger partial charge is 0.444 e. The summed E-state index contributed by atoms with van der Waals surface area (Å²) in [4.78, 5) is 14.0. The van der Waals surface area contributed by atoms with Crippen LogP contribution < -0.4 is 5.73 Å². The summed E-state index contributed by atoms with van der Waals surface area (Å²) >= 11 is 0. The molecule has 2 aliphatic carbocycles. The lowest BCUT2D eigenvalue weighted by Crippen LogP contribution is -2.37. The van der Waals surface area contributed by atoms with Gasteiger partial charge in [-0.3, -0.25) is 4.68 Å². The van der Waals surface area contributed by atoms with Gasteiger partial charge in [0.15, 0.2) is 0 Å². The normalized spacial score (nSPS) is 29.5. The smallest absolute Gasteiger partial charge is 0.410 e. The number of likely N-dealkylation sites (tertiary alicyclic amines) is 1. The van der Waals surface area contributed by atoms with Gasteiger partial charge in [0, 0.05) is 37.3 Å². The summed E-state index contributed by atoms with van der Waals surface area (Å²) in [6, 6.07) is 2.03. The molecule has 2 atom stereocenters. The molecule has 4 rings (SSSR count). The Morgan fingerprint density at radius 2 is 2.00 bits per heavy atom. The lowest BCUT2D eigenvalue weighted by atomic mass is 10.2. The van der Waals surface area contributed by atoms with Crippen molar-refractivity contribution in [2.45, 2.75) is 51.7 Å². The second kappa shape index (κ2) is 4.89. The molecule has 6 nitrogen and oxygen atoms in total. The highest BCUT2D eigenvalue weighted by Gasteiger charge is 2.59. The van der Waals surface area contributed by atoms with Gasteiger partial charge in [0.1, 0.15) is 11.4 Å². The molecule has 1 aromatic heterocycles. The van der Waals surface area contributed by atoms with Crippen LogP contribution in [0, 0.1) is 17.8 Å². The molecule has 2 unspecified atom stereocenters. The van der Waals surface area contributed by atoms with Crippen molar-refractivity contribution in [3.05, 3.63) is 11.8 Å². The number of nitrogen functional groups attached to an aromatic ring is 1. The number of anilines is 1. The second-order valence-corrected chi connectivity index (χ2v) is 8.36. The molecule has 1 saturated heterocycles. The van der Waals surface area contributed by atoms with Crippen LogP contribution in [0.2, 0.25) is 0 Å². The zero-order chi connectivity index (χ0) is 16.4. The number of nitrogens with two attached hydrogens (primary N) is 1. The topological polar surface area (TPSA) is 73.4 Å². The van der Waals surface area contributed by atoms with Crippen LogP contribution in [-0.2, 0) is 11.3 Å². The molecule has 2 N–H and O–H groups in total. The van der Waals surface area contributed by atoms with Crippen LogP contribution in [0.3, 0.4) is 0 Å². The van der Waals surface area contributed by atoms with Gasteiger partial charge in [-0.1, -0.05) is 0 Å². The highest BCUT2D eigenvalue weighted by Crippen LogP contribution is 2.58. The molecule has 1 aromatic rings. The molecule has 23 heavy (non-hydrogen) atoms. The molecule has 0 bridgehead atoms. The number of hydrogen-bond acceptors (Lipinski definition) is 4. The summed E-state index contributed by atoms with van der Waals surface area (Å²) in [6.07, 6.45) is 2.43. The van der Waals surface area contributed by atoms with Gasteiger partial charge in [-0.15, -0.1) is 0 Å². The molecule has 0 aromatic carbocycles. The standard InChI is InChI=1S/C17H26N4O2/c1-17(2,3)23-16(22)20-8-11-12(9-20)15(11)13-6-14(18)19-21(13)7-10-4-5-10/h6,10-12,15H,4-5,7-9H2,1-3H3,(H2,18,19). The monoisotopic (exact) mass is 318 g/mol. The molecular weight excluding hydrogens is 292 g/mol. The molecule has 1 amide bonds. The number of fused-ring (bicyclic) bond motifs is 1. The van der Waals surface area contributed by atoms with Crippen molar-refractivity contribution in [2.75, 3.05) is 18.8 Å². The minimum Gasteiger partial charge on any atom is -0.444 e. The average molecular weight is 318 g/mol. The van der Waals surface area contributed by atoms with E-state index in [1.54, 1.807) is 0 Å². The van der Waals surface area contributed by atoms with Crippen molar-refractivity contribution in [3.63, 3.8) is 0 Å². The van der Waals surface area contributed by atoms with Crippen molar-refractivity contribution in [3.8, 4) is 0 Å². The number of carbonyl (C=O) groups excluding carboxylic acids is 1. The van der Waals surface area contributed by atoms with Gasteiger partial charge < -0.3 is 15.4 Å². The zero-order valence-corrected chi connectivity index (χ0v) is 14.2. The van der Waals surface area contributed by atoms with Crippen molar-refractivity contribution in [1.82, 2.24) is 14.7 Å². The molecule has 0 radical (unpaired) electrons. The first-order valence-electron chi connectivity index (χ1n) is 8.63. The molecule has 2 saturated carbocycles. The molecule has 1 aliphatic heterocycles. The number of nitrogens with zero attached hydrogens (tertiary/aromatic N) is 3. The SMILES string of the molecule is CC(C)(C)OC(=O)N1CC2C(C1)C2c1cc(N)nn1CC1CC1. The minimum atomic E-state index is -0.430. The van der Waals surface area contributed by atoms with Gasteiger partial charge in [-0.05, 0) is 51.4 Å². The maximum absolute atomic E-state index is 12.2. The van der Waals surface area contributed by atoms with E-state index in [-0.39, 0.29) is 6.09 Å². The first kappa shape index (κ1) is 14.8. The number of aromatic nitrogens is 2. The summed E-state index contributed by atoms with van der Waals surface area (Å²) in [5, 5.41) is 4.47. The summed E-state index contributed by atoms with van der Waals surface area (Å²) < 4.78 is 7.59. The third-order valence-electron chi connectivity index (χ3n) is 5.15. The van der Waals surface area contributed by atoms with Crippen molar-refractivity contribution in [1.29, 1.82) is 0 Å². The van der Waals surface area contributed by atoms with Gasteiger partial charge in [0.25, 0.3) is 0 Å². The van der Waals surface area contributed by atoms with E-state index >= 15 is 0 Å². The lowest BCUT2D eigenvalue weighted by Gasteiger charge is -2.26. The summed E-state index contributed by atoms with van der Waals surface area (Å²) in [6.45, 7) is 8.30. The maximum atomic E-state index is 12.2. The Hall–Kier alpha value is -1.72. The molecular formula is C17H26N4O2. The van der Waals surface area contributed by atoms with Crippen LogP contribution in [0.25, 0.3) is 0 Å². The quantitative estimate of drug-likeness (QED) is 0.929. The predicted octanol–water partition coefficient (Wildman–Crippen LogP) is 2.46. The second-order valence-electron chi connectivity index (χ2n) is 8.36. The Morgan fingerprint density at radius 1 is 1.35 bits per heavy atom. The van der Waals surface area contributed by atoms with E-state index in [2.05, 4.69) is 9.78 Å². The molecule has 2 heterocycles. The van der Waals surface area contributed by atoms with E-state index in [0.29, 0.717) is 23.6 Å². The Morgan fingerprint density at radius 3 is 2.57 bits per heavy atom. The number of carbonyl (C=O) groups is 1. The van der Waals surface area contributed by atoms with E-state index in [9.17, 15) is 4.79 Å². The summed E-state index contributed by atoms with van der Waals surface area (Å²) in [5.74, 6) is 2.99. The predicted molar refractivity (Wildman–Crippen MR) is 86.9 cm³/mol. The number of piperidine rings is 1.